The first-order valence-corrected chi connectivity index (χ1v) is 6.46. The van der Waals surface area contributed by atoms with Gasteiger partial charge in [-0.1, -0.05) is 18.2 Å². The average molecular weight is 255 g/mol. The van der Waals surface area contributed by atoms with E-state index in [4.69, 9.17) is 5.73 Å². The fraction of sp³-hybridized carbons (Fsp3) is 0.267. The number of hydrogen-bond donors (Lipinski definition) is 2. The van der Waals surface area contributed by atoms with Crippen molar-refractivity contribution < 1.29 is 4.79 Å². The number of amides is 1. The van der Waals surface area contributed by atoms with Gasteiger partial charge in [-0.3, -0.25) is 4.79 Å². The molecule has 98 valence electrons. The van der Waals surface area contributed by atoms with Crippen molar-refractivity contribution in [1.82, 2.24) is 9.88 Å². The van der Waals surface area contributed by atoms with Crippen LogP contribution in [0.2, 0.25) is 0 Å². The fourth-order valence-corrected chi connectivity index (χ4v) is 2.66. The van der Waals surface area contributed by atoms with E-state index in [1.807, 2.05) is 17.7 Å². The van der Waals surface area contributed by atoms with E-state index in [2.05, 4.69) is 23.5 Å². The van der Waals surface area contributed by atoms with E-state index in [1.165, 1.54) is 11.1 Å². The summed E-state index contributed by atoms with van der Waals surface area (Å²) in [5, 5.41) is 4.23. The number of aryl methyl sites for hydroxylation is 1. The van der Waals surface area contributed by atoms with Crippen LogP contribution in [-0.4, -0.2) is 23.6 Å². The summed E-state index contributed by atoms with van der Waals surface area (Å²) in [6.07, 6.45) is 5.06. The van der Waals surface area contributed by atoms with E-state index >= 15 is 0 Å². The molecule has 2 aromatic rings. The number of hydrogen-bond acceptors (Lipinski definition) is 2. The number of fused-ring (bicyclic) bond motifs is 1. The van der Waals surface area contributed by atoms with E-state index in [1.54, 1.807) is 6.20 Å². The fourth-order valence-electron chi connectivity index (χ4n) is 2.66. The van der Waals surface area contributed by atoms with Crippen LogP contribution in [-0.2, 0) is 7.05 Å². The standard InChI is InChI=1S/C15H17N3O/c1-18-9-13(15(16)19)12-3-2-11(8-14(12)18)10-4-6-17-7-5-10/h2-4,8-9,17H,5-7H2,1H3,(H2,16,19). The van der Waals surface area contributed by atoms with Gasteiger partial charge in [-0.2, -0.15) is 0 Å². The number of primary amides is 1. The zero-order valence-corrected chi connectivity index (χ0v) is 10.9. The van der Waals surface area contributed by atoms with Crippen molar-refractivity contribution in [3.63, 3.8) is 0 Å². The molecule has 0 unspecified atom stereocenters. The Labute approximate surface area is 111 Å². The normalized spacial score (nSPS) is 15.5. The molecule has 3 N–H and O–H groups in total. The number of rotatable bonds is 2. The number of nitrogens with two attached hydrogens (primary N) is 1. The van der Waals surface area contributed by atoms with E-state index in [-0.39, 0.29) is 5.91 Å². The number of carbonyl (C=O) groups excluding carboxylic acids is 1. The lowest BCUT2D eigenvalue weighted by atomic mass is 9.99. The second-order valence-electron chi connectivity index (χ2n) is 4.93. The molecule has 0 radical (unpaired) electrons. The van der Waals surface area contributed by atoms with Crippen molar-refractivity contribution in [1.29, 1.82) is 0 Å². The Bertz CT molecular complexity index is 682. The minimum absolute atomic E-state index is 0.376. The van der Waals surface area contributed by atoms with Crippen LogP contribution in [0.4, 0.5) is 0 Å². The van der Waals surface area contributed by atoms with Crippen LogP contribution < -0.4 is 11.1 Å². The molecule has 0 fully saturated rings. The summed E-state index contributed by atoms with van der Waals surface area (Å²) in [4.78, 5) is 11.4. The lowest BCUT2D eigenvalue weighted by Crippen LogP contribution is -2.20. The molecule has 0 aliphatic carbocycles. The van der Waals surface area contributed by atoms with Gasteiger partial charge in [0.15, 0.2) is 0 Å². The van der Waals surface area contributed by atoms with E-state index in [9.17, 15) is 4.79 Å². The molecule has 1 aromatic heterocycles. The SMILES string of the molecule is Cn1cc(C(N)=O)c2ccc(C3=CCNCC3)cc21. The lowest BCUT2D eigenvalue weighted by molar-refractivity contribution is 0.100. The largest absolute Gasteiger partial charge is 0.366 e. The Kier molecular flexibility index (Phi) is 2.87. The number of carbonyl (C=O) groups is 1. The predicted octanol–water partition coefficient (Wildman–Crippen LogP) is 1.65. The van der Waals surface area contributed by atoms with Crippen LogP contribution in [0, 0.1) is 0 Å². The van der Waals surface area contributed by atoms with E-state index < -0.39 is 0 Å². The van der Waals surface area contributed by atoms with Crippen molar-refractivity contribution in [2.75, 3.05) is 13.1 Å². The van der Waals surface area contributed by atoms with Gasteiger partial charge in [-0.25, -0.2) is 0 Å². The first-order chi connectivity index (χ1) is 9.16. The second kappa shape index (κ2) is 4.55. The molecule has 0 bridgehead atoms. The average Bonchev–Trinajstić information content (AvgIpc) is 2.77. The summed E-state index contributed by atoms with van der Waals surface area (Å²) in [7, 11) is 1.94. The van der Waals surface area contributed by atoms with Crippen LogP contribution in [0.5, 0.6) is 0 Å². The summed E-state index contributed by atoms with van der Waals surface area (Å²) in [6.45, 7) is 1.94. The maximum absolute atomic E-state index is 11.4. The third kappa shape index (κ3) is 2.04. The molecular formula is C15H17N3O. The van der Waals surface area contributed by atoms with Crippen molar-refractivity contribution in [3.8, 4) is 0 Å². The summed E-state index contributed by atoms with van der Waals surface area (Å²) < 4.78 is 1.96. The molecule has 0 atom stereocenters. The van der Waals surface area contributed by atoms with E-state index in [0.29, 0.717) is 5.56 Å². The Morgan fingerprint density at radius 2 is 2.26 bits per heavy atom. The molecule has 4 heteroatoms. The highest BCUT2D eigenvalue weighted by atomic mass is 16.1. The zero-order valence-electron chi connectivity index (χ0n) is 10.9. The molecule has 0 saturated carbocycles. The molecule has 0 spiro atoms. The highest BCUT2D eigenvalue weighted by Gasteiger charge is 2.13. The predicted molar refractivity (Wildman–Crippen MR) is 76.9 cm³/mol. The quantitative estimate of drug-likeness (QED) is 0.857. The third-order valence-corrected chi connectivity index (χ3v) is 3.69. The molecule has 4 nitrogen and oxygen atoms in total. The van der Waals surface area contributed by atoms with Crippen molar-refractivity contribution >= 4 is 22.4 Å². The lowest BCUT2D eigenvalue weighted by Gasteiger charge is -2.14. The van der Waals surface area contributed by atoms with Gasteiger partial charge in [-0.05, 0) is 30.2 Å². The molecule has 1 aliphatic heterocycles. The Balaban J connectivity index is 2.13. The summed E-state index contributed by atoms with van der Waals surface area (Å²) in [5.41, 5.74) is 9.63. The molecule has 0 saturated heterocycles. The minimum atomic E-state index is -0.376. The monoisotopic (exact) mass is 255 g/mol. The van der Waals surface area contributed by atoms with Gasteiger partial charge in [0.05, 0.1) is 5.56 Å². The van der Waals surface area contributed by atoms with Crippen LogP contribution >= 0.6 is 0 Å². The first kappa shape index (κ1) is 12.0. The molecule has 3 rings (SSSR count). The number of nitrogens with one attached hydrogen (secondary N) is 1. The van der Waals surface area contributed by atoms with Gasteiger partial charge in [0.2, 0.25) is 0 Å². The zero-order chi connectivity index (χ0) is 13.4. The molecule has 1 amide bonds. The van der Waals surface area contributed by atoms with Gasteiger partial charge >= 0.3 is 0 Å². The maximum Gasteiger partial charge on any atom is 0.250 e. The molecule has 1 aliphatic rings. The molecule has 2 heterocycles. The summed E-state index contributed by atoms with van der Waals surface area (Å²) in [6, 6.07) is 6.21. The van der Waals surface area contributed by atoms with Gasteiger partial charge in [-0.15, -0.1) is 0 Å². The molecule has 19 heavy (non-hydrogen) atoms. The van der Waals surface area contributed by atoms with Crippen LogP contribution in [0.15, 0.2) is 30.5 Å². The molecular weight excluding hydrogens is 238 g/mol. The summed E-state index contributed by atoms with van der Waals surface area (Å²) >= 11 is 0. The van der Waals surface area contributed by atoms with Gasteiger partial charge in [0.1, 0.15) is 0 Å². The van der Waals surface area contributed by atoms with Gasteiger partial charge in [0.25, 0.3) is 5.91 Å². The summed E-state index contributed by atoms with van der Waals surface area (Å²) in [5.74, 6) is -0.376. The number of benzene rings is 1. The third-order valence-electron chi connectivity index (χ3n) is 3.69. The maximum atomic E-state index is 11.4. The van der Waals surface area contributed by atoms with Crippen molar-refractivity contribution in [2.24, 2.45) is 12.8 Å². The smallest absolute Gasteiger partial charge is 0.250 e. The first-order valence-electron chi connectivity index (χ1n) is 6.46. The van der Waals surface area contributed by atoms with Crippen LogP contribution in [0.3, 0.4) is 0 Å². The Morgan fingerprint density at radius 3 is 2.95 bits per heavy atom. The van der Waals surface area contributed by atoms with Gasteiger partial charge < -0.3 is 15.6 Å². The highest BCUT2D eigenvalue weighted by molar-refractivity contribution is 6.06. The van der Waals surface area contributed by atoms with E-state index in [0.717, 1.165) is 30.4 Å². The number of nitrogens with zero attached hydrogens (tertiary/aromatic N) is 1. The van der Waals surface area contributed by atoms with Gasteiger partial charge in [0, 0.05) is 30.7 Å². The second-order valence-corrected chi connectivity index (χ2v) is 4.93. The topological polar surface area (TPSA) is 60.0 Å². The highest BCUT2D eigenvalue weighted by Crippen LogP contribution is 2.26. The van der Waals surface area contributed by atoms with Crippen LogP contribution in [0.25, 0.3) is 16.5 Å². The minimum Gasteiger partial charge on any atom is -0.366 e. The van der Waals surface area contributed by atoms with Crippen molar-refractivity contribution in [2.45, 2.75) is 6.42 Å². The number of aromatic nitrogens is 1. The van der Waals surface area contributed by atoms with Crippen LogP contribution in [0.1, 0.15) is 22.3 Å². The Hall–Kier alpha value is -2.07. The molecule has 1 aromatic carbocycles. The van der Waals surface area contributed by atoms with Crippen molar-refractivity contribution in [3.05, 3.63) is 41.6 Å². The Morgan fingerprint density at radius 1 is 1.42 bits per heavy atom.